The van der Waals surface area contributed by atoms with Crippen molar-refractivity contribution in [3.8, 4) is 0 Å². The van der Waals surface area contributed by atoms with Crippen LogP contribution in [0.4, 0.5) is 0 Å². The molecular weight excluding hydrogens is 134 g/mol. The first-order valence-electron chi connectivity index (χ1n) is 4.22. The predicted molar refractivity (Wildman–Crippen MR) is 46.9 cm³/mol. The van der Waals surface area contributed by atoms with E-state index < -0.39 is 0 Å². The Kier molecular flexibility index (Phi) is 1.57. The molecule has 2 aliphatic carbocycles. The fourth-order valence-corrected chi connectivity index (χ4v) is 1.74. The Morgan fingerprint density at radius 2 is 2.09 bits per heavy atom. The Labute approximate surface area is 67.3 Å². The smallest absolute Gasteiger partial charge is 0.0160 e. The average molecular weight is 147 g/mol. The van der Waals surface area contributed by atoms with Gasteiger partial charge in [0.2, 0.25) is 0 Å². The number of hydrogen-bond donors (Lipinski definition) is 1. The van der Waals surface area contributed by atoms with Gasteiger partial charge in [-0.05, 0) is 36.8 Å². The van der Waals surface area contributed by atoms with Gasteiger partial charge in [-0.2, -0.15) is 0 Å². The van der Waals surface area contributed by atoms with Gasteiger partial charge in [0.15, 0.2) is 0 Å². The molecule has 0 aliphatic heterocycles. The lowest BCUT2D eigenvalue weighted by atomic mass is 9.88. The minimum absolute atomic E-state index is 1.04. The third-order valence-corrected chi connectivity index (χ3v) is 2.36. The van der Waals surface area contributed by atoms with E-state index in [0.29, 0.717) is 0 Å². The minimum atomic E-state index is 1.04. The van der Waals surface area contributed by atoms with E-state index in [0.717, 1.165) is 18.5 Å². The lowest BCUT2D eigenvalue weighted by Crippen LogP contribution is -2.08. The van der Waals surface area contributed by atoms with E-state index in [1.165, 1.54) is 24.0 Å². The van der Waals surface area contributed by atoms with Crippen LogP contribution in [0.25, 0.3) is 0 Å². The molecule has 0 aromatic heterocycles. The molecule has 58 valence electrons. The third kappa shape index (κ3) is 1.11. The van der Waals surface area contributed by atoms with Gasteiger partial charge in [0.1, 0.15) is 0 Å². The fourth-order valence-electron chi connectivity index (χ4n) is 1.74. The molecule has 0 atom stereocenters. The topological polar surface area (TPSA) is 26.0 Å². The summed E-state index contributed by atoms with van der Waals surface area (Å²) in [7, 11) is 0. The molecule has 0 saturated carbocycles. The summed E-state index contributed by atoms with van der Waals surface area (Å²) < 4.78 is 0. The number of allylic oxidation sites excluding steroid dienone is 6. The third-order valence-electron chi connectivity index (χ3n) is 2.36. The van der Waals surface area contributed by atoms with Crippen molar-refractivity contribution in [3.63, 3.8) is 0 Å². The van der Waals surface area contributed by atoms with Crippen LogP contribution >= 0.6 is 0 Å². The minimum Gasteiger partial charge on any atom is -0.402 e. The highest BCUT2D eigenvalue weighted by Crippen LogP contribution is 2.29. The summed E-state index contributed by atoms with van der Waals surface area (Å²) in [4.78, 5) is 0. The molecule has 0 heterocycles. The highest BCUT2D eigenvalue weighted by molar-refractivity contribution is 5.47. The van der Waals surface area contributed by atoms with Crippen LogP contribution in [-0.4, -0.2) is 0 Å². The maximum atomic E-state index is 5.88. The van der Waals surface area contributed by atoms with E-state index in [-0.39, 0.29) is 0 Å². The Morgan fingerprint density at radius 1 is 1.18 bits per heavy atom. The van der Waals surface area contributed by atoms with Gasteiger partial charge in [-0.15, -0.1) is 0 Å². The molecule has 0 bridgehead atoms. The van der Waals surface area contributed by atoms with Crippen LogP contribution in [0.3, 0.4) is 0 Å². The van der Waals surface area contributed by atoms with Gasteiger partial charge < -0.3 is 5.73 Å². The summed E-state index contributed by atoms with van der Waals surface area (Å²) in [6, 6.07) is 0. The largest absolute Gasteiger partial charge is 0.402 e. The van der Waals surface area contributed by atoms with Crippen molar-refractivity contribution >= 4 is 0 Å². The van der Waals surface area contributed by atoms with Gasteiger partial charge in [-0.25, -0.2) is 0 Å². The maximum absolute atomic E-state index is 5.88. The molecule has 0 unspecified atom stereocenters. The molecular formula is C10H13N. The molecule has 0 fully saturated rings. The molecule has 1 heteroatoms. The van der Waals surface area contributed by atoms with Crippen LogP contribution in [-0.2, 0) is 0 Å². The molecule has 0 amide bonds. The van der Waals surface area contributed by atoms with Gasteiger partial charge in [-0.3, -0.25) is 0 Å². The molecule has 2 aliphatic rings. The highest BCUT2D eigenvalue weighted by Gasteiger charge is 2.13. The Hall–Kier alpha value is -0.980. The molecule has 1 nitrogen and oxygen atoms in total. The van der Waals surface area contributed by atoms with Crippen molar-refractivity contribution in [1.82, 2.24) is 0 Å². The number of fused-ring (bicyclic) bond motifs is 1. The van der Waals surface area contributed by atoms with E-state index in [1.807, 2.05) is 0 Å². The zero-order valence-corrected chi connectivity index (χ0v) is 6.64. The first-order valence-corrected chi connectivity index (χ1v) is 4.22. The quantitative estimate of drug-likeness (QED) is 0.559. The fraction of sp³-hybridized carbons (Fsp3) is 0.400. The second kappa shape index (κ2) is 2.57. The Morgan fingerprint density at radius 3 is 2.91 bits per heavy atom. The van der Waals surface area contributed by atoms with Crippen LogP contribution in [0.15, 0.2) is 35.1 Å². The Bertz CT molecular complexity index is 256. The number of rotatable bonds is 0. The van der Waals surface area contributed by atoms with Crippen molar-refractivity contribution < 1.29 is 0 Å². The SMILES string of the molecule is NC1=C2C=CCCC2=CCC1. The molecule has 11 heavy (non-hydrogen) atoms. The van der Waals surface area contributed by atoms with Crippen LogP contribution < -0.4 is 5.73 Å². The standard InChI is InChI=1S/C10H13N/c11-10-7-3-5-8-4-1-2-6-9(8)10/h2,5-6H,1,3-4,7,11H2. The van der Waals surface area contributed by atoms with E-state index in [1.54, 1.807) is 0 Å². The predicted octanol–water partition coefficient (Wildman–Crippen LogP) is 2.27. The summed E-state index contributed by atoms with van der Waals surface area (Å²) in [5, 5.41) is 0. The zero-order chi connectivity index (χ0) is 7.68. The van der Waals surface area contributed by atoms with Crippen LogP contribution in [0, 0.1) is 0 Å². The molecule has 2 N–H and O–H groups in total. The van der Waals surface area contributed by atoms with Crippen LogP contribution in [0.5, 0.6) is 0 Å². The molecule has 0 spiro atoms. The van der Waals surface area contributed by atoms with E-state index in [9.17, 15) is 0 Å². The summed E-state index contributed by atoms with van der Waals surface area (Å²) in [6.07, 6.45) is 11.3. The summed E-state index contributed by atoms with van der Waals surface area (Å²) >= 11 is 0. The number of hydrogen-bond acceptors (Lipinski definition) is 1. The van der Waals surface area contributed by atoms with Crippen LogP contribution in [0.2, 0.25) is 0 Å². The Balaban J connectivity index is 2.42. The summed E-state index contributed by atoms with van der Waals surface area (Å²) in [5.74, 6) is 0. The first-order chi connectivity index (χ1) is 5.38. The molecule has 2 rings (SSSR count). The van der Waals surface area contributed by atoms with E-state index in [4.69, 9.17) is 5.73 Å². The molecule has 0 aromatic carbocycles. The van der Waals surface area contributed by atoms with Crippen molar-refractivity contribution in [1.29, 1.82) is 0 Å². The second-order valence-corrected chi connectivity index (χ2v) is 3.15. The lowest BCUT2D eigenvalue weighted by Gasteiger charge is -2.19. The maximum Gasteiger partial charge on any atom is 0.0160 e. The van der Waals surface area contributed by atoms with Gasteiger partial charge >= 0.3 is 0 Å². The van der Waals surface area contributed by atoms with Crippen LogP contribution in [0.1, 0.15) is 25.7 Å². The highest BCUT2D eigenvalue weighted by atomic mass is 14.6. The van der Waals surface area contributed by atoms with Crippen molar-refractivity contribution in [2.45, 2.75) is 25.7 Å². The van der Waals surface area contributed by atoms with Gasteiger partial charge in [0.25, 0.3) is 0 Å². The molecule has 0 saturated heterocycles. The van der Waals surface area contributed by atoms with Gasteiger partial charge in [-0.1, -0.05) is 18.2 Å². The van der Waals surface area contributed by atoms with Crippen molar-refractivity contribution in [2.75, 3.05) is 0 Å². The van der Waals surface area contributed by atoms with Gasteiger partial charge in [0.05, 0.1) is 0 Å². The van der Waals surface area contributed by atoms with E-state index >= 15 is 0 Å². The van der Waals surface area contributed by atoms with Crippen molar-refractivity contribution in [3.05, 3.63) is 35.1 Å². The number of nitrogens with two attached hydrogens (primary N) is 1. The first kappa shape index (κ1) is 6.71. The zero-order valence-electron chi connectivity index (χ0n) is 6.64. The van der Waals surface area contributed by atoms with Crippen molar-refractivity contribution in [2.24, 2.45) is 5.73 Å². The lowest BCUT2D eigenvalue weighted by molar-refractivity contribution is 0.857. The average Bonchev–Trinajstić information content (AvgIpc) is 2.06. The summed E-state index contributed by atoms with van der Waals surface area (Å²) in [5.41, 5.74) is 9.74. The normalized spacial score (nSPS) is 23.1. The van der Waals surface area contributed by atoms with E-state index in [2.05, 4.69) is 18.2 Å². The summed E-state index contributed by atoms with van der Waals surface area (Å²) in [6.45, 7) is 0. The second-order valence-electron chi connectivity index (χ2n) is 3.15. The molecule has 0 radical (unpaired) electrons. The molecule has 0 aromatic rings. The van der Waals surface area contributed by atoms with Gasteiger partial charge in [0, 0.05) is 5.70 Å². The monoisotopic (exact) mass is 147 g/mol.